The van der Waals surface area contributed by atoms with Gasteiger partial charge in [-0.3, -0.25) is 0 Å². The Bertz CT molecular complexity index is 665. The molecule has 1 heterocycles. The summed E-state index contributed by atoms with van der Waals surface area (Å²) in [4.78, 5) is 4.60. The predicted molar refractivity (Wildman–Crippen MR) is 67.7 cm³/mol. The summed E-state index contributed by atoms with van der Waals surface area (Å²) in [5.74, 6) is 1.09. The summed E-state index contributed by atoms with van der Waals surface area (Å²) in [6.45, 7) is 5.19. The van der Waals surface area contributed by atoms with E-state index in [2.05, 4.69) is 59.8 Å². The van der Waals surface area contributed by atoms with E-state index < -0.39 is 0 Å². The highest BCUT2D eigenvalue weighted by Gasteiger charge is 2.06. The minimum atomic E-state index is 0.973. The third-order valence-electron chi connectivity index (χ3n) is 3.12. The Kier molecular flexibility index (Phi) is 1.96. The van der Waals surface area contributed by atoms with E-state index in [1.807, 2.05) is 0 Å². The summed E-state index contributed by atoms with van der Waals surface area (Å²) in [5, 5.41) is 2.54. The van der Waals surface area contributed by atoms with E-state index in [0.717, 1.165) is 17.9 Å². The lowest BCUT2D eigenvalue weighted by molar-refractivity contribution is 0.753. The Morgan fingerprint density at radius 3 is 2.50 bits per heavy atom. The molecule has 16 heavy (non-hydrogen) atoms. The van der Waals surface area contributed by atoms with Gasteiger partial charge in [-0.2, -0.15) is 0 Å². The molecule has 0 aliphatic carbocycles. The standard InChI is InChI=1S/C14H14N2/c1-3-16-10(2)15-13-8-11-6-4-5-7-12(11)9-14(13)16/h4-9H,3H2,1-2H3. The van der Waals surface area contributed by atoms with Gasteiger partial charge in [0.25, 0.3) is 0 Å². The van der Waals surface area contributed by atoms with Crippen LogP contribution in [0.1, 0.15) is 12.7 Å². The molecule has 0 radical (unpaired) electrons. The molecule has 0 N–H and O–H groups in total. The summed E-state index contributed by atoms with van der Waals surface area (Å²) < 4.78 is 2.25. The zero-order chi connectivity index (χ0) is 11.1. The molecule has 0 atom stereocenters. The highest BCUT2D eigenvalue weighted by Crippen LogP contribution is 2.23. The van der Waals surface area contributed by atoms with E-state index >= 15 is 0 Å². The largest absolute Gasteiger partial charge is 0.328 e. The second-order valence-electron chi connectivity index (χ2n) is 4.09. The van der Waals surface area contributed by atoms with Crippen molar-refractivity contribution in [2.75, 3.05) is 0 Å². The molecule has 3 rings (SSSR count). The molecule has 0 spiro atoms. The first-order valence-corrected chi connectivity index (χ1v) is 5.65. The second kappa shape index (κ2) is 3.34. The topological polar surface area (TPSA) is 17.8 Å². The molecule has 0 aliphatic rings. The number of hydrogen-bond acceptors (Lipinski definition) is 1. The first-order chi connectivity index (χ1) is 7.79. The molecule has 2 aromatic carbocycles. The van der Waals surface area contributed by atoms with Gasteiger partial charge < -0.3 is 4.57 Å². The van der Waals surface area contributed by atoms with Gasteiger partial charge in [0.15, 0.2) is 0 Å². The fourth-order valence-electron chi connectivity index (χ4n) is 2.33. The van der Waals surface area contributed by atoms with Crippen molar-refractivity contribution in [3.8, 4) is 0 Å². The molecule has 0 amide bonds. The lowest BCUT2D eigenvalue weighted by Crippen LogP contribution is -1.95. The molecule has 2 heteroatoms. The number of nitrogens with zero attached hydrogens (tertiary/aromatic N) is 2. The molecule has 80 valence electrons. The van der Waals surface area contributed by atoms with Crippen molar-refractivity contribution in [2.24, 2.45) is 0 Å². The first kappa shape index (κ1) is 9.40. The third kappa shape index (κ3) is 1.23. The van der Waals surface area contributed by atoms with Gasteiger partial charge in [0, 0.05) is 6.54 Å². The van der Waals surface area contributed by atoms with Gasteiger partial charge in [0.1, 0.15) is 5.82 Å². The van der Waals surface area contributed by atoms with Crippen molar-refractivity contribution >= 4 is 21.8 Å². The van der Waals surface area contributed by atoms with Gasteiger partial charge in [0.05, 0.1) is 11.0 Å². The summed E-state index contributed by atoms with van der Waals surface area (Å²) in [6, 6.07) is 12.8. The third-order valence-corrected chi connectivity index (χ3v) is 3.12. The van der Waals surface area contributed by atoms with Crippen molar-refractivity contribution in [2.45, 2.75) is 20.4 Å². The van der Waals surface area contributed by atoms with Gasteiger partial charge in [-0.1, -0.05) is 24.3 Å². The van der Waals surface area contributed by atoms with E-state index in [0.29, 0.717) is 0 Å². The van der Waals surface area contributed by atoms with Crippen LogP contribution in [-0.2, 0) is 6.54 Å². The van der Waals surface area contributed by atoms with Gasteiger partial charge in [-0.05, 0) is 36.8 Å². The van der Waals surface area contributed by atoms with Crippen LogP contribution in [0.2, 0.25) is 0 Å². The maximum atomic E-state index is 4.60. The Hall–Kier alpha value is -1.83. The van der Waals surface area contributed by atoms with Crippen molar-refractivity contribution in [3.05, 3.63) is 42.2 Å². The minimum absolute atomic E-state index is 0.973. The van der Waals surface area contributed by atoms with Crippen molar-refractivity contribution in [3.63, 3.8) is 0 Å². The van der Waals surface area contributed by atoms with Crippen molar-refractivity contribution in [1.29, 1.82) is 0 Å². The van der Waals surface area contributed by atoms with E-state index in [1.165, 1.54) is 16.3 Å². The van der Waals surface area contributed by atoms with Crippen LogP contribution >= 0.6 is 0 Å². The van der Waals surface area contributed by atoms with Gasteiger partial charge >= 0.3 is 0 Å². The van der Waals surface area contributed by atoms with Crippen LogP contribution in [0, 0.1) is 6.92 Å². The first-order valence-electron chi connectivity index (χ1n) is 5.65. The molecular weight excluding hydrogens is 196 g/mol. The van der Waals surface area contributed by atoms with Crippen LogP contribution < -0.4 is 0 Å². The van der Waals surface area contributed by atoms with E-state index in [9.17, 15) is 0 Å². The number of hydrogen-bond donors (Lipinski definition) is 0. The van der Waals surface area contributed by atoms with E-state index in [4.69, 9.17) is 0 Å². The van der Waals surface area contributed by atoms with Crippen LogP contribution in [0.15, 0.2) is 36.4 Å². The number of fused-ring (bicyclic) bond motifs is 2. The smallest absolute Gasteiger partial charge is 0.106 e. The number of aromatic nitrogens is 2. The molecule has 0 aliphatic heterocycles. The minimum Gasteiger partial charge on any atom is -0.328 e. The molecule has 0 saturated carbocycles. The Balaban J connectivity index is 2.46. The summed E-state index contributed by atoms with van der Waals surface area (Å²) >= 11 is 0. The van der Waals surface area contributed by atoms with E-state index in [1.54, 1.807) is 0 Å². The summed E-state index contributed by atoms with van der Waals surface area (Å²) in [5.41, 5.74) is 2.33. The van der Waals surface area contributed by atoms with Crippen LogP contribution in [0.3, 0.4) is 0 Å². The lowest BCUT2D eigenvalue weighted by atomic mass is 10.1. The zero-order valence-electron chi connectivity index (χ0n) is 9.57. The lowest BCUT2D eigenvalue weighted by Gasteiger charge is -2.02. The number of rotatable bonds is 1. The number of aryl methyl sites for hydroxylation is 2. The predicted octanol–water partition coefficient (Wildman–Crippen LogP) is 3.52. The average Bonchev–Trinajstić information content (AvgIpc) is 2.60. The molecule has 1 aromatic heterocycles. The molecule has 0 bridgehead atoms. The molecule has 0 saturated heterocycles. The maximum absolute atomic E-state index is 4.60. The summed E-state index contributed by atoms with van der Waals surface area (Å²) in [6.07, 6.45) is 0. The van der Waals surface area contributed by atoms with Crippen molar-refractivity contribution in [1.82, 2.24) is 9.55 Å². The molecule has 0 fully saturated rings. The zero-order valence-corrected chi connectivity index (χ0v) is 9.57. The molecule has 3 aromatic rings. The highest BCUT2D eigenvalue weighted by molar-refractivity contribution is 5.95. The van der Waals surface area contributed by atoms with Gasteiger partial charge in [-0.25, -0.2) is 4.98 Å². The Morgan fingerprint density at radius 1 is 1.12 bits per heavy atom. The SMILES string of the molecule is CCn1c(C)nc2cc3ccccc3cc21. The molecule has 0 unspecified atom stereocenters. The highest BCUT2D eigenvalue weighted by atomic mass is 15.1. The van der Waals surface area contributed by atoms with Crippen LogP contribution in [0.25, 0.3) is 21.8 Å². The normalized spacial score (nSPS) is 11.4. The van der Waals surface area contributed by atoms with E-state index in [-0.39, 0.29) is 0 Å². The van der Waals surface area contributed by atoms with Crippen LogP contribution in [0.5, 0.6) is 0 Å². The molecular formula is C14H14N2. The second-order valence-corrected chi connectivity index (χ2v) is 4.09. The van der Waals surface area contributed by atoms with Crippen LogP contribution in [-0.4, -0.2) is 9.55 Å². The van der Waals surface area contributed by atoms with Crippen molar-refractivity contribution < 1.29 is 0 Å². The molecule has 2 nitrogen and oxygen atoms in total. The summed E-state index contributed by atoms with van der Waals surface area (Å²) in [7, 11) is 0. The quantitative estimate of drug-likeness (QED) is 0.601. The Morgan fingerprint density at radius 2 is 1.81 bits per heavy atom. The van der Waals surface area contributed by atoms with Gasteiger partial charge in [-0.15, -0.1) is 0 Å². The Labute approximate surface area is 94.5 Å². The average molecular weight is 210 g/mol. The van der Waals surface area contributed by atoms with Crippen LogP contribution in [0.4, 0.5) is 0 Å². The fourth-order valence-corrected chi connectivity index (χ4v) is 2.33. The maximum Gasteiger partial charge on any atom is 0.106 e. The number of benzene rings is 2. The monoisotopic (exact) mass is 210 g/mol. The van der Waals surface area contributed by atoms with Gasteiger partial charge in [0.2, 0.25) is 0 Å². The number of imidazole rings is 1. The fraction of sp³-hybridized carbons (Fsp3) is 0.214.